The third-order valence-electron chi connectivity index (χ3n) is 4.28. The van der Waals surface area contributed by atoms with E-state index in [9.17, 15) is 17.6 Å². The molecule has 1 aliphatic heterocycles. The molecule has 2 atom stereocenters. The normalized spacial score (nSPS) is 20.8. The molecule has 1 fully saturated rings. The highest BCUT2D eigenvalue weighted by Gasteiger charge is 2.31. The fourth-order valence-electron chi connectivity index (χ4n) is 2.80. The van der Waals surface area contributed by atoms with Gasteiger partial charge in [0.1, 0.15) is 0 Å². The van der Waals surface area contributed by atoms with Gasteiger partial charge in [-0.25, -0.2) is 12.8 Å². The molecule has 134 valence electrons. The second-order valence-electron chi connectivity index (χ2n) is 6.16. The van der Waals surface area contributed by atoms with Crippen LogP contribution in [-0.4, -0.2) is 57.5 Å². The number of halogens is 1. The quantitative estimate of drug-likeness (QED) is 0.825. The van der Waals surface area contributed by atoms with Gasteiger partial charge in [0.05, 0.1) is 31.2 Å². The molecule has 24 heavy (non-hydrogen) atoms. The number of likely N-dealkylation sites (N-methyl/N-ethyl adjacent to an activating group) is 1. The van der Waals surface area contributed by atoms with Gasteiger partial charge in [-0.15, -0.1) is 0 Å². The number of hydrogen-bond acceptors (Lipinski definition) is 5. The number of ether oxygens (including phenoxy) is 1. The molecule has 2 rings (SSSR count). The van der Waals surface area contributed by atoms with Gasteiger partial charge < -0.3 is 10.1 Å². The maximum atomic E-state index is 13.7. The highest BCUT2D eigenvalue weighted by Crippen LogP contribution is 2.22. The largest absolute Gasteiger partial charge is 0.494 e. The summed E-state index contributed by atoms with van der Waals surface area (Å²) < 4.78 is 41.6. The molecular formula is C16H23FN2O4S. The van der Waals surface area contributed by atoms with Gasteiger partial charge in [0.2, 0.25) is 5.91 Å². The van der Waals surface area contributed by atoms with Crippen LogP contribution in [0, 0.1) is 5.82 Å². The predicted octanol–water partition coefficient (Wildman–Crippen LogP) is 1.13. The van der Waals surface area contributed by atoms with Crippen molar-refractivity contribution in [2.45, 2.75) is 25.4 Å². The third kappa shape index (κ3) is 4.67. The zero-order chi connectivity index (χ0) is 17.9. The number of nitrogens with zero attached hydrogens (tertiary/aromatic N) is 1. The van der Waals surface area contributed by atoms with Crippen LogP contribution in [-0.2, 0) is 14.6 Å². The Hall–Kier alpha value is -1.67. The van der Waals surface area contributed by atoms with Crippen LogP contribution in [0.15, 0.2) is 18.2 Å². The highest BCUT2D eigenvalue weighted by atomic mass is 32.2. The first kappa shape index (κ1) is 18.7. The smallest absolute Gasteiger partial charge is 0.234 e. The minimum atomic E-state index is -2.98. The molecule has 1 N–H and O–H groups in total. The van der Waals surface area contributed by atoms with E-state index in [0.29, 0.717) is 12.0 Å². The van der Waals surface area contributed by atoms with Crippen LogP contribution < -0.4 is 10.1 Å². The number of carbonyl (C=O) groups is 1. The molecule has 6 nitrogen and oxygen atoms in total. The van der Waals surface area contributed by atoms with Gasteiger partial charge in [-0.2, -0.15) is 0 Å². The van der Waals surface area contributed by atoms with Gasteiger partial charge in [0, 0.05) is 6.04 Å². The third-order valence-corrected chi connectivity index (χ3v) is 6.03. The Morgan fingerprint density at radius 3 is 2.75 bits per heavy atom. The lowest BCUT2D eigenvalue weighted by molar-refractivity contribution is -0.123. The van der Waals surface area contributed by atoms with E-state index in [-0.39, 0.29) is 41.8 Å². The van der Waals surface area contributed by atoms with Gasteiger partial charge in [0.25, 0.3) is 0 Å². The van der Waals surface area contributed by atoms with Crippen LogP contribution in [0.3, 0.4) is 0 Å². The van der Waals surface area contributed by atoms with Crippen molar-refractivity contribution >= 4 is 15.7 Å². The Morgan fingerprint density at radius 1 is 1.50 bits per heavy atom. The zero-order valence-electron chi connectivity index (χ0n) is 14.1. The summed E-state index contributed by atoms with van der Waals surface area (Å²) in [6.45, 7) is 1.86. The number of nitrogens with one attached hydrogen (secondary N) is 1. The second-order valence-corrected chi connectivity index (χ2v) is 8.38. The number of amides is 1. The van der Waals surface area contributed by atoms with Gasteiger partial charge in [-0.05, 0) is 38.1 Å². The minimum Gasteiger partial charge on any atom is -0.494 e. The van der Waals surface area contributed by atoms with Crippen LogP contribution >= 0.6 is 0 Å². The summed E-state index contributed by atoms with van der Waals surface area (Å²) in [6.07, 6.45) is 0.547. The number of benzene rings is 1. The van der Waals surface area contributed by atoms with Crippen molar-refractivity contribution in [2.75, 3.05) is 32.2 Å². The van der Waals surface area contributed by atoms with Crippen LogP contribution in [0.4, 0.5) is 4.39 Å². The lowest BCUT2D eigenvalue weighted by atomic mass is 10.1. The van der Waals surface area contributed by atoms with Gasteiger partial charge >= 0.3 is 0 Å². The Balaban J connectivity index is 1.91. The Bertz CT molecular complexity index is 708. The van der Waals surface area contributed by atoms with Crippen molar-refractivity contribution in [1.29, 1.82) is 0 Å². The van der Waals surface area contributed by atoms with Crippen molar-refractivity contribution in [2.24, 2.45) is 0 Å². The average Bonchev–Trinajstić information content (AvgIpc) is 2.87. The summed E-state index contributed by atoms with van der Waals surface area (Å²) in [5, 5.41) is 2.80. The molecule has 0 spiro atoms. The molecular weight excluding hydrogens is 335 g/mol. The van der Waals surface area contributed by atoms with Gasteiger partial charge in [-0.1, -0.05) is 6.07 Å². The number of methoxy groups -OCH3 is 1. The molecule has 1 aliphatic rings. The first-order valence-electron chi connectivity index (χ1n) is 7.75. The SMILES string of the molecule is COc1ccc([C@H](C)NC(=O)CN(C)[C@H]2CCS(=O)(=O)C2)cc1F. The second kappa shape index (κ2) is 7.48. The molecule has 0 radical (unpaired) electrons. The highest BCUT2D eigenvalue weighted by molar-refractivity contribution is 7.91. The van der Waals surface area contributed by atoms with Crippen LogP contribution in [0.1, 0.15) is 24.9 Å². The van der Waals surface area contributed by atoms with Gasteiger partial charge in [0.15, 0.2) is 21.4 Å². The van der Waals surface area contributed by atoms with E-state index < -0.39 is 15.7 Å². The van der Waals surface area contributed by atoms with Crippen molar-refractivity contribution < 1.29 is 22.3 Å². The fourth-order valence-corrected chi connectivity index (χ4v) is 4.61. The van der Waals surface area contributed by atoms with Crippen molar-refractivity contribution in [3.63, 3.8) is 0 Å². The van der Waals surface area contributed by atoms with Gasteiger partial charge in [-0.3, -0.25) is 9.69 Å². The molecule has 1 aromatic rings. The minimum absolute atomic E-state index is 0.0933. The van der Waals surface area contributed by atoms with Crippen molar-refractivity contribution in [1.82, 2.24) is 10.2 Å². The van der Waals surface area contributed by atoms with Crippen LogP contribution in [0.25, 0.3) is 0 Å². The van der Waals surface area contributed by atoms with E-state index in [1.807, 2.05) is 0 Å². The number of sulfone groups is 1. The number of carbonyl (C=O) groups excluding carboxylic acids is 1. The molecule has 1 amide bonds. The fraction of sp³-hybridized carbons (Fsp3) is 0.562. The Morgan fingerprint density at radius 2 is 2.21 bits per heavy atom. The maximum absolute atomic E-state index is 13.7. The molecule has 1 saturated heterocycles. The summed E-state index contributed by atoms with van der Waals surface area (Å²) >= 11 is 0. The lowest BCUT2D eigenvalue weighted by Gasteiger charge is -2.23. The number of hydrogen-bond donors (Lipinski definition) is 1. The van der Waals surface area contributed by atoms with E-state index in [0.717, 1.165) is 0 Å². The summed E-state index contributed by atoms with van der Waals surface area (Å²) in [4.78, 5) is 13.9. The predicted molar refractivity (Wildman–Crippen MR) is 89.2 cm³/mol. The van der Waals surface area contributed by atoms with Crippen molar-refractivity contribution in [3.8, 4) is 5.75 Å². The van der Waals surface area contributed by atoms with Crippen LogP contribution in [0.2, 0.25) is 0 Å². The first-order chi connectivity index (χ1) is 11.2. The molecule has 8 heteroatoms. The van der Waals surface area contributed by atoms with E-state index in [1.165, 1.54) is 19.2 Å². The van der Waals surface area contributed by atoms with E-state index >= 15 is 0 Å². The van der Waals surface area contributed by atoms with E-state index in [4.69, 9.17) is 4.74 Å². The first-order valence-corrected chi connectivity index (χ1v) is 9.57. The zero-order valence-corrected chi connectivity index (χ0v) is 14.9. The molecule has 0 bridgehead atoms. The Labute approximate surface area is 141 Å². The standard InChI is InChI=1S/C16H23FN2O4S/c1-11(12-4-5-15(23-3)14(17)8-12)18-16(20)9-19(2)13-6-7-24(21,22)10-13/h4-5,8,11,13H,6-7,9-10H2,1-3H3,(H,18,20)/t11-,13-/m0/s1. The molecule has 0 saturated carbocycles. The molecule has 0 unspecified atom stereocenters. The van der Waals surface area contributed by atoms with Crippen LogP contribution in [0.5, 0.6) is 5.75 Å². The molecule has 1 heterocycles. The Kier molecular flexibility index (Phi) is 5.82. The summed E-state index contributed by atoms with van der Waals surface area (Å²) in [5.74, 6) is -0.296. The van der Waals surface area contributed by atoms with E-state index in [2.05, 4.69) is 5.32 Å². The molecule has 0 aromatic heterocycles. The summed E-state index contributed by atoms with van der Waals surface area (Å²) in [5.41, 5.74) is 0.632. The summed E-state index contributed by atoms with van der Waals surface area (Å²) in [7, 11) is 0.149. The average molecular weight is 358 g/mol. The summed E-state index contributed by atoms with van der Waals surface area (Å²) in [6, 6.07) is 4.05. The number of rotatable bonds is 6. The molecule has 0 aliphatic carbocycles. The maximum Gasteiger partial charge on any atom is 0.234 e. The van der Waals surface area contributed by atoms with E-state index in [1.54, 1.807) is 24.9 Å². The lowest BCUT2D eigenvalue weighted by Crippen LogP contribution is -2.41. The molecule has 1 aromatic carbocycles. The van der Waals surface area contributed by atoms with Crippen molar-refractivity contribution in [3.05, 3.63) is 29.6 Å². The topological polar surface area (TPSA) is 75.7 Å². The monoisotopic (exact) mass is 358 g/mol.